The number of rotatable bonds is 4. The normalized spacial score (nSPS) is 14.2. The fourth-order valence-corrected chi connectivity index (χ4v) is 3.77. The summed E-state index contributed by atoms with van der Waals surface area (Å²) in [6, 6.07) is 16.3. The van der Waals surface area contributed by atoms with Crippen molar-refractivity contribution in [3.8, 4) is 5.69 Å². The Hall–Kier alpha value is -3.45. The van der Waals surface area contributed by atoms with Gasteiger partial charge in [-0.1, -0.05) is 41.9 Å². The summed E-state index contributed by atoms with van der Waals surface area (Å²) in [7, 11) is 0. The number of para-hydroxylation sites is 1. The fourth-order valence-electron chi connectivity index (χ4n) is 3.56. The van der Waals surface area contributed by atoms with Crippen LogP contribution in [-0.4, -0.2) is 63.4 Å². The average Bonchev–Trinajstić information content (AvgIpc) is 3.17. The minimum Gasteiger partial charge on any atom is -0.337 e. The lowest BCUT2D eigenvalue weighted by atomic mass is 10.2. The number of amides is 2. The van der Waals surface area contributed by atoms with Gasteiger partial charge in [-0.05, 0) is 30.7 Å². The number of ketones is 1. The summed E-state index contributed by atoms with van der Waals surface area (Å²) in [5.41, 5.74) is 1.48. The van der Waals surface area contributed by atoms with Crippen molar-refractivity contribution >= 4 is 29.2 Å². The molecule has 1 fully saturated rings. The van der Waals surface area contributed by atoms with Crippen LogP contribution in [0.1, 0.15) is 27.1 Å². The summed E-state index contributed by atoms with van der Waals surface area (Å²) in [4.78, 5) is 41.5. The van der Waals surface area contributed by atoms with Gasteiger partial charge in [0.2, 0.25) is 0 Å². The van der Waals surface area contributed by atoms with Crippen molar-refractivity contribution in [2.45, 2.75) is 6.42 Å². The molecule has 1 aliphatic heterocycles. The predicted octanol–water partition coefficient (Wildman–Crippen LogP) is 3.08. The third-order valence-corrected chi connectivity index (χ3v) is 5.56. The number of aromatic nitrogens is 2. The van der Waals surface area contributed by atoms with Gasteiger partial charge in [0.15, 0.2) is 0 Å². The summed E-state index contributed by atoms with van der Waals surface area (Å²) >= 11 is 6.15. The van der Waals surface area contributed by atoms with Crippen molar-refractivity contribution < 1.29 is 14.4 Å². The van der Waals surface area contributed by atoms with E-state index in [-0.39, 0.29) is 18.0 Å². The van der Waals surface area contributed by atoms with Crippen LogP contribution in [0.5, 0.6) is 0 Å². The Morgan fingerprint density at radius 3 is 2.29 bits per heavy atom. The lowest BCUT2D eigenvalue weighted by Gasteiger charge is -2.22. The summed E-state index contributed by atoms with van der Waals surface area (Å²) in [6.07, 6.45) is 3.54. The van der Waals surface area contributed by atoms with Gasteiger partial charge in [-0.15, -0.1) is 0 Å². The summed E-state index contributed by atoms with van der Waals surface area (Å²) in [5, 5.41) is 4.59. The first-order chi connectivity index (χ1) is 15.0. The van der Waals surface area contributed by atoms with Crippen LogP contribution in [0.25, 0.3) is 5.69 Å². The standard InChI is InChI=1S/C23H21ClN4O3/c24-20-10-5-4-9-19(20)22(30)26-11-6-12-27(14-13-26)23(31)21(29)17-15-25-28(16-17)18-7-2-1-3-8-18/h1-5,7-10,15-16H,6,11-14H2. The first-order valence-corrected chi connectivity index (χ1v) is 10.4. The van der Waals surface area contributed by atoms with Crippen LogP contribution in [0.15, 0.2) is 67.0 Å². The number of hydrogen-bond acceptors (Lipinski definition) is 4. The van der Waals surface area contributed by atoms with Crippen molar-refractivity contribution in [1.82, 2.24) is 19.6 Å². The maximum Gasteiger partial charge on any atom is 0.295 e. The summed E-state index contributed by atoms with van der Waals surface area (Å²) in [5.74, 6) is -1.36. The van der Waals surface area contributed by atoms with Gasteiger partial charge in [-0.3, -0.25) is 14.4 Å². The Morgan fingerprint density at radius 2 is 1.52 bits per heavy atom. The second-order valence-electron chi connectivity index (χ2n) is 7.26. The smallest absolute Gasteiger partial charge is 0.295 e. The molecule has 0 spiro atoms. The van der Waals surface area contributed by atoms with Gasteiger partial charge >= 0.3 is 0 Å². The zero-order valence-corrected chi connectivity index (χ0v) is 17.5. The lowest BCUT2D eigenvalue weighted by molar-refractivity contribution is -0.126. The van der Waals surface area contributed by atoms with E-state index in [1.54, 1.807) is 40.0 Å². The molecule has 2 aromatic carbocycles. The molecule has 0 N–H and O–H groups in total. The fraction of sp³-hybridized carbons (Fsp3) is 0.217. The van der Waals surface area contributed by atoms with Crippen LogP contribution in [0.4, 0.5) is 0 Å². The van der Waals surface area contributed by atoms with Crippen molar-refractivity contribution in [3.63, 3.8) is 0 Å². The van der Waals surface area contributed by atoms with Crippen LogP contribution >= 0.6 is 11.6 Å². The first-order valence-electron chi connectivity index (χ1n) is 10.0. The molecule has 4 rings (SSSR count). The SMILES string of the molecule is O=C(C(=O)N1CCCN(C(=O)c2ccccc2Cl)CC1)c1cnn(-c2ccccc2)c1. The molecule has 1 saturated heterocycles. The summed E-state index contributed by atoms with van der Waals surface area (Å²) in [6.45, 7) is 1.53. The molecular weight excluding hydrogens is 416 g/mol. The second kappa shape index (κ2) is 9.14. The molecule has 0 atom stereocenters. The highest BCUT2D eigenvalue weighted by atomic mass is 35.5. The van der Waals surface area contributed by atoms with Gasteiger partial charge in [0.05, 0.1) is 28.0 Å². The zero-order valence-electron chi connectivity index (χ0n) is 16.8. The van der Waals surface area contributed by atoms with Crippen LogP contribution in [0, 0.1) is 0 Å². The number of hydrogen-bond donors (Lipinski definition) is 0. The predicted molar refractivity (Wildman–Crippen MR) is 116 cm³/mol. The van der Waals surface area contributed by atoms with E-state index in [1.165, 1.54) is 11.1 Å². The Morgan fingerprint density at radius 1 is 0.839 bits per heavy atom. The molecule has 2 heterocycles. The van der Waals surface area contributed by atoms with Gasteiger partial charge in [0.1, 0.15) is 0 Å². The number of nitrogens with zero attached hydrogens (tertiary/aromatic N) is 4. The van der Waals surface area contributed by atoms with E-state index >= 15 is 0 Å². The van der Waals surface area contributed by atoms with Crippen molar-refractivity contribution in [1.29, 1.82) is 0 Å². The van der Waals surface area contributed by atoms with Crippen molar-refractivity contribution in [2.75, 3.05) is 26.2 Å². The molecule has 0 aliphatic carbocycles. The third-order valence-electron chi connectivity index (χ3n) is 5.23. The average molecular weight is 437 g/mol. The molecule has 3 aromatic rings. The second-order valence-corrected chi connectivity index (χ2v) is 7.66. The van der Waals surface area contributed by atoms with E-state index in [9.17, 15) is 14.4 Å². The van der Waals surface area contributed by atoms with Gasteiger partial charge in [-0.25, -0.2) is 4.68 Å². The maximum atomic E-state index is 12.8. The van der Waals surface area contributed by atoms with Crippen LogP contribution < -0.4 is 0 Å². The van der Waals surface area contributed by atoms with Gasteiger partial charge in [0.25, 0.3) is 17.6 Å². The molecule has 1 aromatic heterocycles. The molecule has 8 heteroatoms. The van der Waals surface area contributed by atoms with E-state index in [0.717, 1.165) is 5.69 Å². The lowest BCUT2D eigenvalue weighted by Crippen LogP contribution is -2.40. The van der Waals surface area contributed by atoms with Crippen molar-refractivity contribution in [3.05, 3.63) is 83.1 Å². The van der Waals surface area contributed by atoms with Gasteiger partial charge in [0, 0.05) is 32.4 Å². The largest absolute Gasteiger partial charge is 0.337 e. The highest BCUT2D eigenvalue weighted by molar-refractivity contribution is 6.42. The van der Waals surface area contributed by atoms with Crippen LogP contribution in [0.2, 0.25) is 5.02 Å². The van der Waals surface area contributed by atoms with Gasteiger partial charge in [-0.2, -0.15) is 5.10 Å². The molecule has 2 amide bonds. The zero-order chi connectivity index (χ0) is 21.8. The minimum absolute atomic E-state index is 0.171. The Kier molecular flexibility index (Phi) is 6.13. The molecule has 7 nitrogen and oxygen atoms in total. The third kappa shape index (κ3) is 4.51. The number of carbonyl (C=O) groups excluding carboxylic acids is 3. The number of carbonyl (C=O) groups is 3. The first kappa shape index (κ1) is 20.8. The minimum atomic E-state index is -0.604. The number of halogens is 1. The molecule has 0 saturated carbocycles. The van der Waals surface area contributed by atoms with E-state index in [1.807, 2.05) is 30.3 Å². The van der Waals surface area contributed by atoms with Crippen LogP contribution in [0.3, 0.4) is 0 Å². The monoisotopic (exact) mass is 436 g/mol. The molecule has 0 radical (unpaired) electrons. The molecule has 1 aliphatic rings. The molecule has 158 valence electrons. The number of Topliss-reactive ketones (excluding diaryl/α,β-unsaturated/α-hetero) is 1. The molecule has 31 heavy (non-hydrogen) atoms. The Labute approximate surface area is 184 Å². The van der Waals surface area contributed by atoms with Crippen LogP contribution in [-0.2, 0) is 4.79 Å². The Balaban J connectivity index is 1.42. The molecule has 0 bridgehead atoms. The topological polar surface area (TPSA) is 75.5 Å². The maximum absolute atomic E-state index is 12.8. The van der Waals surface area contributed by atoms with E-state index in [4.69, 9.17) is 11.6 Å². The molecule has 0 unspecified atom stereocenters. The highest BCUT2D eigenvalue weighted by Gasteiger charge is 2.28. The summed E-state index contributed by atoms with van der Waals surface area (Å²) < 4.78 is 1.56. The van der Waals surface area contributed by atoms with E-state index in [0.29, 0.717) is 36.6 Å². The van der Waals surface area contributed by atoms with E-state index < -0.39 is 11.7 Å². The van der Waals surface area contributed by atoms with Gasteiger partial charge < -0.3 is 9.80 Å². The number of benzene rings is 2. The van der Waals surface area contributed by atoms with E-state index in [2.05, 4.69) is 5.10 Å². The highest BCUT2D eigenvalue weighted by Crippen LogP contribution is 2.18. The molecular formula is C23H21ClN4O3. The quantitative estimate of drug-likeness (QED) is 0.465. The Bertz CT molecular complexity index is 1110. The van der Waals surface area contributed by atoms with Crippen molar-refractivity contribution in [2.24, 2.45) is 0 Å².